The van der Waals surface area contributed by atoms with E-state index >= 15 is 0 Å². The average Bonchev–Trinajstić information content (AvgIpc) is 3.22. The van der Waals surface area contributed by atoms with E-state index in [-0.39, 0.29) is 17.5 Å². The number of anilines is 1. The first kappa shape index (κ1) is 16.4. The predicted molar refractivity (Wildman–Crippen MR) is 103 cm³/mol. The molecule has 2 aliphatic rings. The molecule has 1 amide bonds. The molecule has 1 aliphatic heterocycles. The van der Waals surface area contributed by atoms with E-state index in [0.29, 0.717) is 24.5 Å². The molecule has 0 radical (unpaired) electrons. The summed E-state index contributed by atoms with van der Waals surface area (Å²) in [6.45, 7) is 0.377. The van der Waals surface area contributed by atoms with Gasteiger partial charge in [-0.3, -0.25) is 9.36 Å². The van der Waals surface area contributed by atoms with Gasteiger partial charge in [-0.2, -0.15) is 5.10 Å². The molecular formula is C19H19N5O2S. The molecule has 7 nitrogen and oxygen atoms in total. The summed E-state index contributed by atoms with van der Waals surface area (Å²) in [5.41, 5.74) is 3.45. The lowest BCUT2D eigenvalue weighted by Gasteiger charge is -2.21. The fourth-order valence-corrected chi connectivity index (χ4v) is 5.03. The molecular weight excluding hydrogens is 362 g/mol. The Morgan fingerprint density at radius 1 is 1.26 bits per heavy atom. The van der Waals surface area contributed by atoms with Crippen LogP contribution in [0.3, 0.4) is 0 Å². The minimum atomic E-state index is -0.243. The molecule has 0 saturated carbocycles. The third-order valence-corrected chi connectivity index (χ3v) is 6.44. The summed E-state index contributed by atoms with van der Waals surface area (Å²) in [5.74, 6) is 0.441. The molecule has 1 unspecified atom stereocenters. The second-order valence-corrected chi connectivity index (χ2v) is 8.11. The molecule has 1 atom stereocenters. The van der Waals surface area contributed by atoms with Crippen LogP contribution in [0.25, 0.3) is 10.4 Å². The van der Waals surface area contributed by atoms with Gasteiger partial charge in [0.25, 0.3) is 0 Å². The molecule has 5 rings (SSSR count). The van der Waals surface area contributed by atoms with Gasteiger partial charge < -0.3 is 5.32 Å². The van der Waals surface area contributed by atoms with Gasteiger partial charge in [-0.05, 0) is 30.4 Å². The highest BCUT2D eigenvalue weighted by atomic mass is 32.1. The smallest absolute Gasteiger partial charge is 0.302 e. The van der Waals surface area contributed by atoms with Gasteiger partial charge in [0.1, 0.15) is 5.82 Å². The lowest BCUT2D eigenvalue weighted by Crippen LogP contribution is -2.35. The molecule has 8 heteroatoms. The Labute approximate surface area is 159 Å². The van der Waals surface area contributed by atoms with Crippen molar-refractivity contribution < 1.29 is 4.79 Å². The lowest BCUT2D eigenvalue weighted by molar-refractivity contribution is -0.120. The number of amides is 1. The maximum Gasteiger partial charge on any atom is 0.345 e. The van der Waals surface area contributed by atoms with Gasteiger partial charge in [0, 0.05) is 20.0 Å². The summed E-state index contributed by atoms with van der Waals surface area (Å²) in [6.07, 6.45) is 3.21. The second-order valence-electron chi connectivity index (χ2n) is 7.11. The lowest BCUT2D eigenvalue weighted by atomic mass is 9.94. The number of hydrogen-bond donors (Lipinski definition) is 1. The maximum absolute atomic E-state index is 12.8. The number of aromatic nitrogens is 4. The van der Waals surface area contributed by atoms with Gasteiger partial charge in [-0.25, -0.2) is 14.5 Å². The van der Waals surface area contributed by atoms with Gasteiger partial charge >= 0.3 is 5.69 Å². The van der Waals surface area contributed by atoms with Gasteiger partial charge in [0.05, 0.1) is 16.5 Å². The topological polar surface area (TPSA) is 81.8 Å². The Balaban J connectivity index is 1.36. The van der Waals surface area contributed by atoms with Crippen LogP contribution < -0.4 is 11.0 Å². The minimum absolute atomic E-state index is 0.0733. The third kappa shape index (κ3) is 2.71. The molecule has 27 heavy (non-hydrogen) atoms. The van der Waals surface area contributed by atoms with Crippen molar-refractivity contribution >= 4 is 22.4 Å². The van der Waals surface area contributed by atoms with Crippen molar-refractivity contribution in [3.63, 3.8) is 0 Å². The van der Waals surface area contributed by atoms with Gasteiger partial charge in [0.15, 0.2) is 5.13 Å². The molecule has 1 aliphatic carbocycles. The van der Waals surface area contributed by atoms with Crippen LogP contribution in [-0.4, -0.2) is 25.2 Å². The highest BCUT2D eigenvalue weighted by Crippen LogP contribution is 2.39. The van der Waals surface area contributed by atoms with Crippen molar-refractivity contribution in [2.75, 3.05) is 5.32 Å². The van der Waals surface area contributed by atoms with Crippen LogP contribution >= 0.6 is 11.3 Å². The number of aryl methyl sites for hydroxylation is 4. The molecule has 0 fully saturated rings. The molecule has 1 aromatic carbocycles. The Kier molecular flexibility index (Phi) is 3.75. The van der Waals surface area contributed by atoms with E-state index in [1.807, 2.05) is 6.07 Å². The zero-order valence-corrected chi connectivity index (χ0v) is 15.8. The van der Waals surface area contributed by atoms with Crippen LogP contribution in [0.4, 0.5) is 5.13 Å². The molecule has 3 heterocycles. The molecule has 1 N–H and O–H groups in total. The van der Waals surface area contributed by atoms with Crippen LogP contribution in [0, 0.1) is 5.92 Å². The van der Waals surface area contributed by atoms with E-state index in [1.54, 1.807) is 11.6 Å². The fourth-order valence-electron chi connectivity index (χ4n) is 3.96. The van der Waals surface area contributed by atoms with Crippen LogP contribution in [0.2, 0.25) is 0 Å². The first-order valence-electron chi connectivity index (χ1n) is 9.11. The molecule has 2 aromatic heterocycles. The number of carbonyl (C=O) groups is 1. The van der Waals surface area contributed by atoms with E-state index in [9.17, 15) is 9.59 Å². The van der Waals surface area contributed by atoms with E-state index in [0.717, 1.165) is 29.2 Å². The number of carbonyl (C=O) groups excluding carboxylic acids is 1. The first-order valence-corrected chi connectivity index (χ1v) is 9.93. The predicted octanol–water partition coefficient (Wildman–Crippen LogP) is 2.00. The molecule has 3 aromatic rings. The summed E-state index contributed by atoms with van der Waals surface area (Å²) in [4.78, 5) is 30.7. The quantitative estimate of drug-likeness (QED) is 0.736. The Hall–Kier alpha value is -2.74. The van der Waals surface area contributed by atoms with Crippen LogP contribution in [0.1, 0.15) is 23.5 Å². The third-order valence-electron chi connectivity index (χ3n) is 5.40. The van der Waals surface area contributed by atoms with Crippen LogP contribution in [-0.2, 0) is 37.6 Å². The second kappa shape index (κ2) is 6.16. The molecule has 0 saturated heterocycles. The normalized spacial score (nSPS) is 17.7. The highest BCUT2D eigenvalue weighted by molar-refractivity contribution is 7.19. The molecule has 138 valence electrons. The van der Waals surface area contributed by atoms with Crippen molar-refractivity contribution in [2.24, 2.45) is 13.0 Å². The summed E-state index contributed by atoms with van der Waals surface area (Å²) in [6, 6.07) is 8.37. The Morgan fingerprint density at radius 2 is 2.11 bits per heavy atom. The van der Waals surface area contributed by atoms with Gasteiger partial charge in [-0.15, -0.1) is 0 Å². The van der Waals surface area contributed by atoms with Gasteiger partial charge in [-0.1, -0.05) is 35.6 Å². The Morgan fingerprint density at radius 3 is 3.00 bits per heavy atom. The number of nitrogens with zero attached hydrogens (tertiary/aromatic N) is 4. The van der Waals surface area contributed by atoms with E-state index in [2.05, 4.69) is 33.6 Å². The van der Waals surface area contributed by atoms with E-state index < -0.39 is 0 Å². The van der Waals surface area contributed by atoms with Crippen molar-refractivity contribution in [1.29, 1.82) is 0 Å². The monoisotopic (exact) mass is 381 g/mol. The van der Waals surface area contributed by atoms with Gasteiger partial charge in [0.2, 0.25) is 5.91 Å². The Bertz CT molecular complexity index is 1110. The summed E-state index contributed by atoms with van der Waals surface area (Å²) in [7, 11) is 1.64. The van der Waals surface area contributed by atoms with Crippen LogP contribution in [0.15, 0.2) is 29.1 Å². The molecule has 0 spiro atoms. The first-order chi connectivity index (χ1) is 13.1. The zero-order chi connectivity index (χ0) is 18.5. The maximum atomic E-state index is 12.8. The number of hydrogen-bond acceptors (Lipinski definition) is 5. The zero-order valence-electron chi connectivity index (χ0n) is 14.9. The number of nitrogens with one attached hydrogen (secondary N) is 1. The van der Waals surface area contributed by atoms with Crippen molar-refractivity contribution in [3.8, 4) is 10.4 Å². The SMILES string of the molecule is Cn1nc2n(c1=O)CC(C(=O)Nc1nc3c(s1)-c1ccccc1CC3)CC2. The van der Waals surface area contributed by atoms with E-state index in [4.69, 9.17) is 0 Å². The minimum Gasteiger partial charge on any atom is -0.302 e. The summed E-state index contributed by atoms with van der Waals surface area (Å²) >= 11 is 1.54. The number of fused-ring (bicyclic) bond motifs is 4. The summed E-state index contributed by atoms with van der Waals surface area (Å²) in [5, 5.41) is 7.85. The standard InChI is InChI=1S/C19H19N5O2S/c1-23-19(26)24-10-12(7-9-15(24)22-23)17(25)21-18-20-14-8-6-11-4-2-3-5-13(11)16(14)27-18/h2-5,12H,6-10H2,1H3,(H,20,21,25). The van der Waals surface area contributed by atoms with Crippen molar-refractivity contribution in [1.82, 2.24) is 19.3 Å². The summed E-state index contributed by atoms with van der Waals surface area (Å²) < 4.78 is 2.94. The average molecular weight is 381 g/mol. The van der Waals surface area contributed by atoms with Crippen LogP contribution in [0.5, 0.6) is 0 Å². The van der Waals surface area contributed by atoms with Crippen molar-refractivity contribution in [3.05, 3.63) is 51.8 Å². The number of benzene rings is 1. The van der Waals surface area contributed by atoms with Crippen molar-refractivity contribution in [2.45, 2.75) is 32.2 Å². The molecule has 0 bridgehead atoms. The number of thiazole rings is 1. The largest absolute Gasteiger partial charge is 0.345 e. The number of rotatable bonds is 2. The van der Waals surface area contributed by atoms with E-state index in [1.165, 1.54) is 27.1 Å². The fraction of sp³-hybridized carbons (Fsp3) is 0.368. The highest BCUT2D eigenvalue weighted by Gasteiger charge is 2.29.